The summed E-state index contributed by atoms with van der Waals surface area (Å²) in [6, 6.07) is 11.2. The van der Waals surface area contributed by atoms with E-state index in [4.69, 9.17) is 4.74 Å². The van der Waals surface area contributed by atoms with E-state index in [1.165, 1.54) is 11.4 Å². The second kappa shape index (κ2) is 8.16. The topological polar surface area (TPSA) is 62.7 Å². The molecule has 146 valence electrons. The van der Waals surface area contributed by atoms with Crippen LogP contribution in [0, 0.1) is 0 Å². The Morgan fingerprint density at radius 2 is 2.00 bits per heavy atom. The molecule has 0 aliphatic carbocycles. The van der Waals surface area contributed by atoms with Gasteiger partial charge in [0.1, 0.15) is 9.50 Å². The molecule has 0 amide bonds. The van der Waals surface area contributed by atoms with Gasteiger partial charge in [-0.05, 0) is 34.5 Å². The van der Waals surface area contributed by atoms with Crippen LogP contribution in [0.25, 0.3) is 0 Å². The third-order valence-electron chi connectivity index (χ3n) is 4.89. The van der Waals surface area contributed by atoms with Gasteiger partial charge in [0.25, 0.3) is 0 Å². The van der Waals surface area contributed by atoms with Crippen molar-refractivity contribution in [3.63, 3.8) is 0 Å². The summed E-state index contributed by atoms with van der Waals surface area (Å²) in [6.45, 7) is 2.65. The fourth-order valence-electron chi connectivity index (χ4n) is 3.28. The average Bonchev–Trinajstić information content (AvgIpc) is 2.74. The molecule has 0 saturated heterocycles. The highest BCUT2D eigenvalue weighted by atomic mass is 79.9. The van der Waals surface area contributed by atoms with Crippen molar-refractivity contribution in [2.75, 3.05) is 25.6 Å². The molecule has 0 spiro atoms. The highest BCUT2D eigenvalue weighted by molar-refractivity contribution is 9.10. The molecule has 8 heteroatoms. The number of rotatable bonds is 5. The molecule has 1 aromatic heterocycles. The molecule has 0 fully saturated rings. The summed E-state index contributed by atoms with van der Waals surface area (Å²) in [7, 11) is -0.543. The van der Waals surface area contributed by atoms with Crippen LogP contribution < -0.4 is 9.64 Å². The van der Waals surface area contributed by atoms with Crippen molar-refractivity contribution in [2.45, 2.75) is 37.1 Å². The van der Waals surface area contributed by atoms with E-state index >= 15 is 0 Å². The number of aromatic nitrogens is 1. The number of hydrogen-bond acceptors (Lipinski definition) is 5. The Balaban J connectivity index is 2.22. The van der Waals surface area contributed by atoms with Crippen LogP contribution in [0.2, 0.25) is 0 Å². The second-order valence-corrected chi connectivity index (χ2v) is 9.28. The summed E-state index contributed by atoms with van der Waals surface area (Å²) in [4.78, 5) is 6.71. The molecule has 1 aliphatic heterocycles. The Hall–Kier alpha value is -1.64. The van der Waals surface area contributed by atoms with Crippen LogP contribution in [0.4, 0.5) is 11.5 Å². The van der Waals surface area contributed by atoms with E-state index in [1.54, 1.807) is 13.1 Å². The SMILES string of the molecule is CCCCC1CN(c2ccccc2)c2nc(Br)c(OC)cc2S(=O)(=O)N1C. The van der Waals surface area contributed by atoms with Crippen molar-refractivity contribution < 1.29 is 13.2 Å². The zero-order valence-corrected chi connectivity index (χ0v) is 18.1. The Kier molecular flexibility index (Phi) is 6.08. The minimum absolute atomic E-state index is 0.144. The van der Waals surface area contributed by atoms with Gasteiger partial charge in [-0.3, -0.25) is 0 Å². The highest BCUT2D eigenvalue weighted by Gasteiger charge is 2.38. The van der Waals surface area contributed by atoms with Crippen LogP contribution in [0.1, 0.15) is 26.2 Å². The third kappa shape index (κ3) is 3.83. The minimum atomic E-state index is -3.70. The maximum atomic E-state index is 13.3. The summed E-state index contributed by atoms with van der Waals surface area (Å²) >= 11 is 3.40. The van der Waals surface area contributed by atoms with Crippen molar-refractivity contribution in [2.24, 2.45) is 0 Å². The fraction of sp³-hybridized carbons (Fsp3) is 0.421. The molecule has 1 atom stereocenters. The quantitative estimate of drug-likeness (QED) is 0.635. The van der Waals surface area contributed by atoms with E-state index in [0.717, 1.165) is 24.9 Å². The number of anilines is 2. The van der Waals surface area contributed by atoms with Gasteiger partial charge in [-0.25, -0.2) is 13.4 Å². The molecular weight excluding hydrogens is 430 g/mol. The van der Waals surface area contributed by atoms with Gasteiger partial charge in [-0.15, -0.1) is 0 Å². The summed E-state index contributed by atoms with van der Waals surface area (Å²) in [5.41, 5.74) is 0.912. The summed E-state index contributed by atoms with van der Waals surface area (Å²) < 4.78 is 34.0. The van der Waals surface area contributed by atoms with Gasteiger partial charge < -0.3 is 9.64 Å². The fourth-order valence-corrected chi connectivity index (χ4v) is 5.25. The van der Waals surface area contributed by atoms with E-state index in [9.17, 15) is 8.42 Å². The predicted octanol–water partition coefficient (Wildman–Crippen LogP) is 4.18. The molecule has 0 N–H and O–H groups in total. The number of likely N-dealkylation sites (N-methyl/N-ethyl adjacent to an activating group) is 1. The van der Waals surface area contributed by atoms with Gasteiger partial charge in [0.15, 0.2) is 11.6 Å². The number of para-hydroxylation sites is 1. The number of methoxy groups -OCH3 is 1. The predicted molar refractivity (Wildman–Crippen MR) is 110 cm³/mol. The molecule has 0 bridgehead atoms. The van der Waals surface area contributed by atoms with E-state index in [0.29, 0.717) is 22.7 Å². The monoisotopic (exact) mass is 453 g/mol. The number of halogens is 1. The maximum absolute atomic E-state index is 13.3. The molecular formula is C19H24BrN3O3S. The normalized spacial score (nSPS) is 19.4. The largest absolute Gasteiger partial charge is 0.494 e. The van der Waals surface area contributed by atoms with E-state index in [2.05, 4.69) is 27.8 Å². The van der Waals surface area contributed by atoms with Gasteiger partial charge in [-0.1, -0.05) is 38.0 Å². The first-order chi connectivity index (χ1) is 12.9. The number of pyridine rings is 1. The van der Waals surface area contributed by atoms with Crippen molar-refractivity contribution in [1.29, 1.82) is 0 Å². The Morgan fingerprint density at radius 1 is 1.30 bits per heavy atom. The molecule has 0 saturated carbocycles. The van der Waals surface area contributed by atoms with Gasteiger partial charge in [-0.2, -0.15) is 4.31 Å². The summed E-state index contributed by atoms with van der Waals surface area (Å²) in [5.74, 6) is 0.811. The number of hydrogen-bond donors (Lipinski definition) is 0. The Morgan fingerprint density at radius 3 is 2.63 bits per heavy atom. The summed E-state index contributed by atoms with van der Waals surface area (Å²) in [6.07, 6.45) is 2.77. The lowest BCUT2D eigenvalue weighted by Crippen LogP contribution is -2.40. The van der Waals surface area contributed by atoms with Crippen LogP contribution in [-0.4, -0.2) is 44.5 Å². The lowest BCUT2D eigenvalue weighted by molar-refractivity contribution is 0.351. The van der Waals surface area contributed by atoms with Crippen molar-refractivity contribution in [1.82, 2.24) is 9.29 Å². The molecule has 2 aromatic rings. The molecule has 0 radical (unpaired) electrons. The van der Waals surface area contributed by atoms with Gasteiger partial charge in [0, 0.05) is 31.4 Å². The number of unbranched alkanes of at least 4 members (excludes halogenated alkanes) is 1. The lowest BCUT2D eigenvalue weighted by Gasteiger charge is -2.29. The number of sulfonamides is 1. The third-order valence-corrected chi connectivity index (χ3v) is 7.37. The van der Waals surface area contributed by atoms with Crippen LogP contribution in [0.15, 0.2) is 45.9 Å². The van der Waals surface area contributed by atoms with Gasteiger partial charge in [0.2, 0.25) is 10.0 Å². The summed E-state index contributed by atoms with van der Waals surface area (Å²) in [5, 5.41) is 0. The van der Waals surface area contributed by atoms with E-state index in [-0.39, 0.29) is 10.9 Å². The van der Waals surface area contributed by atoms with Crippen molar-refractivity contribution >= 4 is 37.5 Å². The van der Waals surface area contributed by atoms with Gasteiger partial charge in [0.05, 0.1) is 7.11 Å². The lowest BCUT2D eigenvalue weighted by atomic mass is 10.1. The van der Waals surface area contributed by atoms with Gasteiger partial charge >= 0.3 is 0 Å². The van der Waals surface area contributed by atoms with Crippen LogP contribution in [0.3, 0.4) is 0 Å². The first kappa shape index (κ1) is 20.1. The minimum Gasteiger partial charge on any atom is -0.494 e. The second-order valence-electron chi connectivity index (χ2n) is 6.57. The Bertz CT molecular complexity index is 906. The highest BCUT2D eigenvalue weighted by Crippen LogP contribution is 2.40. The van der Waals surface area contributed by atoms with Crippen molar-refractivity contribution in [3.8, 4) is 5.75 Å². The zero-order chi connectivity index (χ0) is 19.6. The molecule has 27 heavy (non-hydrogen) atoms. The molecule has 1 aromatic carbocycles. The molecule has 2 heterocycles. The van der Waals surface area contributed by atoms with E-state index in [1.807, 2.05) is 35.2 Å². The number of fused-ring (bicyclic) bond motifs is 1. The molecule has 3 rings (SSSR count). The average molecular weight is 454 g/mol. The van der Waals surface area contributed by atoms with Crippen LogP contribution in [-0.2, 0) is 10.0 Å². The van der Waals surface area contributed by atoms with Crippen LogP contribution in [0.5, 0.6) is 5.75 Å². The van der Waals surface area contributed by atoms with Crippen molar-refractivity contribution in [3.05, 3.63) is 41.0 Å². The smallest absolute Gasteiger partial charge is 0.246 e. The number of nitrogens with zero attached hydrogens (tertiary/aromatic N) is 3. The van der Waals surface area contributed by atoms with Crippen LogP contribution >= 0.6 is 15.9 Å². The first-order valence-electron chi connectivity index (χ1n) is 8.95. The zero-order valence-electron chi connectivity index (χ0n) is 15.7. The molecule has 1 aliphatic rings. The molecule has 1 unspecified atom stereocenters. The van der Waals surface area contributed by atoms with E-state index < -0.39 is 10.0 Å². The number of benzene rings is 1. The Labute approximate surface area is 169 Å². The maximum Gasteiger partial charge on any atom is 0.246 e. The first-order valence-corrected chi connectivity index (χ1v) is 11.2. The number of ether oxygens (including phenoxy) is 1. The standard InChI is InChI=1S/C19H24BrN3O3S/c1-4-5-9-15-13-23(14-10-7-6-8-11-14)19-17(27(24,25)22(15)2)12-16(26-3)18(20)21-19/h6-8,10-12,15H,4-5,9,13H2,1-3H3. The molecule has 6 nitrogen and oxygen atoms in total.